The number of hydrogen-bond donors (Lipinski definition) is 1. The standard InChI is InChI=1S/C20H21N5O4/c1-3-29-20(27)16-8-18-19(26)22-17(12-25(18)23-16)14-9-21-24(11-14)10-13-4-6-15(28-2)7-5-13/h4-6,8-9,11-12,15H,3,7,10H2,1-2H3,(H,22,26). The number of carbonyl (C=O) groups is 1. The van der Waals surface area contributed by atoms with E-state index in [4.69, 9.17) is 9.47 Å². The molecule has 1 N–H and O–H groups in total. The third-order valence-corrected chi connectivity index (χ3v) is 4.68. The van der Waals surface area contributed by atoms with Crippen molar-refractivity contribution in [3.8, 4) is 11.3 Å². The van der Waals surface area contributed by atoms with Crippen LogP contribution in [0.25, 0.3) is 16.8 Å². The third kappa shape index (κ3) is 3.90. The number of carbonyl (C=O) groups excluding carboxylic acids is 1. The van der Waals surface area contributed by atoms with Gasteiger partial charge in [0.25, 0.3) is 5.56 Å². The maximum atomic E-state index is 12.4. The Bertz CT molecular complexity index is 1170. The second-order valence-electron chi connectivity index (χ2n) is 6.65. The minimum absolute atomic E-state index is 0.0931. The molecule has 150 valence electrons. The number of H-pyrrole nitrogens is 1. The Kier molecular flexibility index (Phi) is 5.13. The normalized spacial score (nSPS) is 16.2. The molecule has 0 bridgehead atoms. The van der Waals surface area contributed by atoms with Gasteiger partial charge >= 0.3 is 5.97 Å². The first-order valence-corrected chi connectivity index (χ1v) is 9.30. The van der Waals surface area contributed by atoms with Crippen LogP contribution in [0, 0.1) is 0 Å². The maximum Gasteiger partial charge on any atom is 0.358 e. The number of fused-ring (bicyclic) bond motifs is 1. The molecule has 1 aliphatic carbocycles. The Morgan fingerprint density at radius 2 is 2.24 bits per heavy atom. The molecule has 0 spiro atoms. The zero-order valence-electron chi connectivity index (χ0n) is 16.2. The molecule has 0 saturated heterocycles. The van der Waals surface area contributed by atoms with Crippen LogP contribution in [0.15, 0.2) is 53.3 Å². The highest BCUT2D eigenvalue weighted by Crippen LogP contribution is 2.18. The van der Waals surface area contributed by atoms with Gasteiger partial charge in [-0.25, -0.2) is 9.31 Å². The lowest BCUT2D eigenvalue weighted by Gasteiger charge is -2.14. The Balaban J connectivity index is 1.57. The van der Waals surface area contributed by atoms with Gasteiger partial charge in [-0.05, 0) is 18.9 Å². The van der Waals surface area contributed by atoms with Crippen molar-refractivity contribution in [3.05, 3.63) is 64.5 Å². The van der Waals surface area contributed by atoms with Gasteiger partial charge in [-0.3, -0.25) is 9.48 Å². The summed E-state index contributed by atoms with van der Waals surface area (Å²) in [6, 6.07) is 1.42. The topological polar surface area (TPSA) is 104 Å². The Morgan fingerprint density at radius 3 is 2.97 bits per heavy atom. The van der Waals surface area contributed by atoms with Gasteiger partial charge < -0.3 is 14.5 Å². The molecule has 4 rings (SSSR count). The van der Waals surface area contributed by atoms with E-state index >= 15 is 0 Å². The first-order chi connectivity index (χ1) is 14.1. The number of nitrogens with zero attached hydrogens (tertiary/aromatic N) is 4. The second-order valence-corrected chi connectivity index (χ2v) is 6.65. The van der Waals surface area contributed by atoms with Crippen LogP contribution in [-0.2, 0) is 16.0 Å². The summed E-state index contributed by atoms with van der Waals surface area (Å²) in [6.45, 7) is 2.57. The summed E-state index contributed by atoms with van der Waals surface area (Å²) in [5, 5.41) is 8.54. The number of nitrogens with one attached hydrogen (secondary N) is 1. The van der Waals surface area contributed by atoms with E-state index in [1.54, 1.807) is 31.1 Å². The van der Waals surface area contributed by atoms with Crippen LogP contribution in [-0.4, -0.2) is 50.2 Å². The molecule has 9 heteroatoms. The molecule has 3 heterocycles. The Labute approximate surface area is 166 Å². The van der Waals surface area contributed by atoms with Crippen LogP contribution in [0.1, 0.15) is 23.8 Å². The Hall–Kier alpha value is -3.46. The molecule has 0 aromatic carbocycles. The summed E-state index contributed by atoms with van der Waals surface area (Å²) in [5.74, 6) is -0.561. The SMILES string of the molecule is CCOC(=O)c1cc2c(=O)[nH]c(-c3cnn(CC4=CCC(OC)C=C4)c3)cn2n1. The van der Waals surface area contributed by atoms with Crippen molar-refractivity contribution in [1.29, 1.82) is 0 Å². The van der Waals surface area contributed by atoms with Crippen molar-refractivity contribution in [2.24, 2.45) is 0 Å². The van der Waals surface area contributed by atoms with Gasteiger partial charge in [-0.2, -0.15) is 10.2 Å². The van der Waals surface area contributed by atoms with Crippen LogP contribution >= 0.6 is 0 Å². The fraction of sp³-hybridized carbons (Fsp3) is 0.300. The summed E-state index contributed by atoms with van der Waals surface area (Å²) in [6.07, 6.45) is 12.3. The monoisotopic (exact) mass is 395 g/mol. The molecule has 3 aromatic heterocycles. The minimum Gasteiger partial charge on any atom is -0.461 e. The number of aromatic nitrogens is 5. The molecule has 0 amide bonds. The van der Waals surface area contributed by atoms with E-state index in [1.807, 2.05) is 18.3 Å². The molecule has 0 aliphatic heterocycles. The minimum atomic E-state index is -0.561. The van der Waals surface area contributed by atoms with E-state index in [0.717, 1.165) is 17.6 Å². The van der Waals surface area contributed by atoms with E-state index in [-0.39, 0.29) is 29.5 Å². The van der Waals surface area contributed by atoms with Crippen molar-refractivity contribution in [2.45, 2.75) is 26.0 Å². The maximum absolute atomic E-state index is 12.4. The highest BCUT2D eigenvalue weighted by Gasteiger charge is 2.15. The van der Waals surface area contributed by atoms with Gasteiger partial charge in [0.15, 0.2) is 5.69 Å². The average molecular weight is 395 g/mol. The van der Waals surface area contributed by atoms with Crippen molar-refractivity contribution in [2.75, 3.05) is 13.7 Å². The molecule has 29 heavy (non-hydrogen) atoms. The number of allylic oxidation sites excluding steroid dienone is 2. The van der Waals surface area contributed by atoms with Crippen molar-refractivity contribution in [3.63, 3.8) is 0 Å². The zero-order chi connectivity index (χ0) is 20.4. The predicted octanol–water partition coefficient (Wildman–Crippen LogP) is 1.96. The summed E-state index contributed by atoms with van der Waals surface area (Å²) >= 11 is 0. The number of esters is 1. The summed E-state index contributed by atoms with van der Waals surface area (Å²) in [5.41, 5.74) is 2.46. The van der Waals surface area contributed by atoms with E-state index < -0.39 is 5.97 Å². The summed E-state index contributed by atoms with van der Waals surface area (Å²) < 4.78 is 13.4. The molecule has 3 aromatic rings. The van der Waals surface area contributed by atoms with Gasteiger partial charge in [0, 0.05) is 24.9 Å². The van der Waals surface area contributed by atoms with Gasteiger partial charge in [-0.15, -0.1) is 0 Å². The molecular formula is C20H21N5O4. The number of aromatic amines is 1. The van der Waals surface area contributed by atoms with Crippen molar-refractivity contribution < 1.29 is 14.3 Å². The number of methoxy groups -OCH3 is 1. The lowest BCUT2D eigenvalue weighted by Crippen LogP contribution is -2.11. The largest absolute Gasteiger partial charge is 0.461 e. The van der Waals surface area contributed by atoms with Gasteiger partial charge in [0.2, 0.25) is 0 Å². The Morgan fingerprint density at radius 1 is 1.38 bits per heavy atom. The predicted molar refractivity (Wildman–Crippen MR) is 106 cm³/mol. The lowest BCUT2D eigenvalue weighted by molar-refractivity contribution is 0.0519. The smallest absolute Gasteiger partial charge is 0.358 e. The molecule has 0 saturated carbocycles. The van der Waals surface area contributed by atoms with E-state index in [1.165, 1.54) is 10.6 Å². The fourth-order valence-corrected chi connectivity index (χ4v) is 3.17. The van der Waals surface area contributed by atoms with Gasteiger partial charge in [-0.1, -0.05) is 18.2 Å². The van der Waals surface area contributed by atoms with Crippen LogP contribution in [0.4, 0.5) is 0 Å². The molecule has 0 fully saturated rings. The quantitative estimate of drug-likeness (QED) is 0.640. The van der Waals surface area contributed by atoms with Gasteiger partial charge in [0.05, 0.1) is 37.3 Å². The van der Waals surface area contributed by atoms with Crippen LogP contribution in [0.2, 0.25) is 0 Å². The molecule has 9 nitrogen and oxygen atoms in total. The van der Waals surface area contributed by atoms with Crippen LogP contribution < -0.4 is 5.56 Å². The molecule has 0 radical (unpaired) electrons. The van der Waals surface area contributed by atoms with Crippen molar-refractivity contribution >= 4 is 11.5 Å². The molecule has 1 aliphatic rings. The lowest BCUT2D eigenvalue weighted by atomic mass is 10.1. The first kappa shape index (κ1) is 18.9. The van der Waals surface area contributed by atoms with Crippen LogP contribution in [0.3, 0.4) is 0 Å². The highest BCUT2D eigenvalue weighted by atomic mass is 16.5. The van der Waals surface area contributed by atoms with E-state index in [2.05, 4.69) is 21.3 Å². The van der Waals surface area contributed by atoms with E-state index in [9.17, 15) is 9.59 Å². The summed E-state index contributed by atoms with van der Waals surface area (Å²) in [7, 11) is 1.69. The zero-order valence-corrected chi connectivity index (χ0v) is 16.2. The van der Waals surface area contributed by atoms with Gasteiger partial charge in [0.1, 0.15) is 5.52 Å². The molecule has 1 atom stereocenters. The third-order valence-electron chi connectivity index (χ3n) is 4.68. The first-order valence-electron chi connectivity index (χ1n) is 9.30. The second kappa shape index (κ2) is 7.88. The van der Waals surface area contributed by atoms with Crippen molar-refractivity contribution in [1.82, 2.24) is 24.4 Å². The summed E-state index contributed by atoms with van der Waals surface area (Å²) in [4.78, 5) is 27.1. The molecule has 1 unspecified atom stereocenters. The fourth-order valence-electron chi connectivity index (χ4n) is 3.17. The molecular weight excluding hydrogens is 374 g/mol. The number of hydrogen-bond acceptors (Lipinski definition) is 6. The average Bonchev–Trinajstić information content (AvgIpc) is 3.36. The highest BCUT2D eigenvalue weighted by molar-refractivity contribution is 5.88. The number of rotatable bonds is 6. The van der Waals surface area contributed by atoms with E-state index in [0.29, 0.717) is 12.2 Å². The van der Waals surface area contributed by atoms with Crippen LogP contribution in [0.5, 0.6) is 0 Å². The number of ether oxygens (including phenoxy) is 2.